The average molecular weight is 206 g/mol. The van der Waals surface area contributed by atoms with Crippen molar-refractivity contribution in [2.24, 2.45) is 0 Å². The number of rotatable bonds is 4. The molecule has 0 atom stereocenters. The van der Waals surface area contributed by atoms with Crippen LogP contribution in [-0.4, -0.2) is 13.2 Å². The lowest BCUT2D eigenvalue weighted by atomic mass is 10.1. The van der Waals surface area contributed by atoms with E-state index in [-0.39, 0.29) is 0 Å². The fourth-order valence-electron chi connectivity index (χ4n) is 1.82. The summed E-state index contributed by atoms with van der Waals surface area (Å²) in [4.78, 5) is 0. The Labute approximate surface area is 91.2 Å². The third-order valence-corrected chi connectivity index (χ3v) is 2.68. The molecule has 0 radical (unpaired) electrons. The Balaban J connectivity index is 2.00. The van der Waals surface area contributed by atoms with Gasteiger partial charge in [-0.15, -0.1) is 0 Å². The first-order valence-corrected chi connectivity index (χ1v) is 5.78. The molecule has 0 saturated carbocycles. The maximum atomic E-state index is 5.55. The van der Waals surface area contributed by atoms with E-state index >= 15 is 0 Å². The van der Waals surface area contributed by atoms with Crippen molar-refractivity contribution in [3.8, 4) is 11.5 Å². The number of hydrogen-bond donors (Lipinski definition) is 0. The smallest absolute Gasteiger partial charge is 0.161 e. The van der Waals surface area contributed by atoms with Crippen LogP contribution in [0, 0.1) is 0 Å². The molecule has 15 heavy (non-hydrogen) atoms. The molecule has 2 heteroatoms. The quantitative estimate of drug-likeness (QED) is 0.704. The summed E-state index contributed by atoms with van der Waals surface area (Å²) in [6.45, 7) is 3.57. The lowest BCUT2D eigenvalue weighted by Crippen LogP contribution is -2.15. The fourth-order valence-corrected chi connectivity index (χ4v) is 1.82. The topological polar surface area (TPSA) is 18.5 Å². The van der Waals surface area contributed by atoms with Gasteiger partial charge in [0.15, 0.2) is 11.5 Å². The fraction of sp³-hybridized carbons (Fsp3) is 0.538. The molecule has 0 amide bonds. The van der Waals surface area contributed by atoms with Gasteiger partial charge >= 0.3 is 0 Å². The number of aryl methyl sites for hydroxylation is 1. The standard InChI is InChI=1S/C13H18O2/c1-2-3-4-5-11-6-7-12-13(10-11)15-9-8-14-12/h6-7,10H,2-5,8-9H2,1H3. The summed E-state index contributed by atoms with van der Waals surface area (Å²) in [6.07, 6.45) is 4.97. The number of unbranched alkanes of at least 4 members (excludes halogenated alkanes) is 2. The van der Waals surface area contributed by atoms with Crippen LogP contribution in [0.25, 0.3) is 0 Å². The van der Waals surface area contributed by atoms with Crippen molar-refractivity contribution in [2.45, 2.75) is 32.6 Å². The molecule has 0 bridgehead atoms. The van der Waals surface area contributed by atoms with Crippen LogP contribution in [0.1, 0.15) is 31.7 Å². The van der Waals surface area contributed by atoms with Gasteiger partial charge in [0.25, 0.3) is 0 Å². The maximum Gasteiger partial charge on any atom is 0.161 e. The van der Waals surface area contributed by atoms with Gasteiger partial charge in [0.05, 0.1) is 0 Å². The van der Waals surface area contributed by atoms with Crippen LogP contribution in [0.15, 0.2) is 18.2 Å². The minimum Gasteiger partial charge on any atom is -0.486 e. The van der Waals surface area contributed by atoms with Gasteiger partial charge < -0.3 is 9.47 Å². The molecule has 0 spiro atoms. The molecule has 0 fully saturated rings. The molecule has 0 unspecified atom stereocenters. The van der Waals surface area contributed by atoms with Gasteiger partial charge in [-0.2, -0.15) is 0 Å². The van der Waals surface area contributed by atoms with Gasteiger partial charge in [0.1, 0.15) is 13.2 Å². The van der Waals surface area contributed by atoms with Crippen LogP contribution < -0.4 is 9.47 Å². The molecule has 2 rings (SSSR count). The molecule has 0 aliphatic carbocycles. The van der Waals surface area contributed by atoms with E-state index in [1.54, 1.807) is 0 Å². The van der Waals surface area contributed by atoms with Gasteiger partial charge in [0.2, 0.25) is 0 Å². The van der Waals surface area contributed by atoms with E-state index in [0.717, 1.165) is 17.9 Å². The molecule has 1 aliphatic rings. The minimum atomic E-state index is 0.669. The van der Waals surface area contributed by atoms with Gasteiger partial charge in [-0.05, 0) is 30.5 Å². The maximum absolute atomic E-state index is 5.55. The minimum absolute atomic E-state index is 0.669. The second-order valence-electron chi connectivity index (χ2n) is 3.94. The Morgan fingerprint density at radius 1 is 1.07 bits per heavy atom. The summed E-state index contributed by atoms with van der Waals surface area (Å²) in [5.41, 5.74) is 1.35. The van der Waals surface area contributed by atoms with Crippen molar-refractivity contribution in [3.63, 3.8) is 0 Å². The van der Waals surface area contributed by atoms with E-state index in [0.29, 0.717) is 13.2 Å². The number of hydrogen-bond acceptors (Lipinski definition) is 2. The van der Waals surface area contributed by atoms with Gasteiger partial charge in [-0.1, -0.05) is 25.8 Å². The predicted octanol–water partition coefficient (Wildman–Crippen LogP) is 3.19. The summed E-state index contributed by atoms with van der Waals surface area (Å²) in [5.74, 6) is 1.80. The molecule has 0 saturated heterocycles. The van der Waals surface area contributed by atoms with Crippen LogP contribution in [0.2, 0.25) is 0 Å². The van der Waals surface area contributed by atoms with Gasteiger partial charge in [-0.3, -0.25) is 0 Å². The third-order valence-electron chi connectivity index (χ3n) is 2.68. The first-order valence-electron chi connectivity index (χ1n) is 5.78. The number of benzene rings is 1. The Kier molecular flexibility index (Phi) is 3.49. The molecule has 1 aliphatic heterocycles. The lowest BCUT2D eigenvalue weighted by Gasteiger charge is -2.18. The Hall–Kier alpha value is -1.18. The van der Waals surface area contributed by atoms with Crippen molar-refractivity contribution in [1.82, 2.24) is 0 Å². The molecule has 1 heterocycles. The molecule has 82 valence electrons. The van der Waals surface area contributed by atoms with E-state index in [4.69, 9.17) is 9.47 Å². The predicted molar refractivity (Wildman–Crippen MR) is 60.7 cm³/mol. The van der Waals surface area contributed by atoms with Gasteiger partial charge in [-0.25, -0.2) is 0 Å². The van der Waals surface area contributed by atoms with Crippen LogP contribution in [-0.2, 0) is 6.42 Å². The molecule has 0 aromatic heterocycles. The summed E-state index contributed by atoms with van der Waals surface area (Å²) in [5, 5.41) is 0. The summed E-state index contributed by atoms with van der Waals surface area (Å²) in [6, 6.07) is 6.28. The van der Waals surface area contributed by atoms with Crippen LogP contribution in [0.5, 0.6) is 11.5 Å². The van der Waals surface area contributed by atoms with E-state index in [2.05, 4.69) is 19.1 Å². The van der Waals surface area contributed by atoms with Crippen molar-refractivity contribution in [2.75, 3.05) is 13.2 Å². The molecule has 0 N–H and O–H groups in total. The number of fused-ring (bicyclic) bond motifs is 1. The second kappa shape index (κ2) is 5.06. The van der Waals surface area contributed by atoms with Gasteiger partial charge in [0, 0.05) is 0 Å². The van der Waals surface area contributed by atoms with Crippen LogP contribution in [0.3, 0.4) is 0 Å². The normalized spacial score (nSPS) is 13.9. The molecule has 2 nitrogen and oxygen atoms in total. The van der Waals surface area contributed by atoms with Crippen molar-refractivity contribution in [3.05, 3.63) is 23.8 Å². The lowest BCUT2D eigenvalue weighted by molar-refractivity contribution is 0.171. The zero-order valence-corrected chi connectivity index (χ0v) is 9.29. The highest BCUT2D eigenvalue weighted by Gasteiger charge is 2.11. The van der Waals surface area contributed by atoms with Crippen molar-refractivity contribution in [1.29, 1.82) is 0 Å². The summed E-state index contributed by atoms with van der Waals surface area (Å²) < 4.78 is 11.0. The highest BCUT2D eigenvalue weighted by atomic mass is 16.6. The molecular weight excluding hydrogens is 188 g/mol. The molecular formula is C13H18O2. The van der Waals surface area contributed by atoms with Crippen molar-refractivity contribution >= 4 is 0 Å². The highest BCUT2D eigenvalue weighted by Crippen LogP contribution is 2.31. The van der Waals surface area contributed by atoms with Crippen LogP contribution >= 0.6 is 0 Å². The van der Waals surface area contributed by atoms with E-state index < -0.39 is 0 Å². The Bertz CT molecular complexity index is 320. The van der Waals surface area contributed by atoms with E-state index in [9.17, 15) is 0 Å². The van der Waals surface area contributed by atoms with Crippen molar-refractivity contribution < 1.29 is 9.47 Å². The highest BCUT2D eigenvalue weighted by molar-refractivity contribution is 5.43. The molecule has 1 aromatic rings. The summed E-state index contributed by atoms with van der Waals surface area (Å²) in [7, 11) is 0. The largest absolute Gasteiger partial charge is 0.486 e. The first-order chi connectivity index (χ1) is 7.40. The Morgan fingerprint density at radius 3 is 2.67 bits per heavy atom. The van der Waals surface area contributed by atoms with E-state index in [1.807, 2.05) is 6.07 Å². The van der Waals surface area contributed by atoms with Crippen LogP contribution in [0.4, 0.5) is 0 Å². The number of ether oxygens (including phenoxy) is 2. The molecule has 1 aromatic carbocycles. The second-order valence-corrected chi connectivity index (χ2v) is 3.94. The first kappa shape index (κ1) is 10.3. The SMILES string of the molecule is CCCCCc1ccc2c(c1)OCCO2. The third kappa shape index (κ3) is 2.65. The zero-order valence-electron chi connectivity index (χ0n) is 9.29. The Morgan fingerprint density at radius 2 is 1.87 bits per heavy atom. The summed E-state index contributed by atoms with van der Waals surface area (Å²) >= 11 is 0. The average Bonchev–Trinajstić information content (AvgIpc) is 2.29. The monoisotopic (exact) mass is 206 g/mol. The van der Waals surface area contributed by atoms with E-state index in [1.165, 1.54) is 24.8 Å². The zero-order chi connectivity index (χ0) is 10.5.